The number of hydrogen-bond acceptors (Lipinski definition) is 21. The molecule has 0 amide bonds. The maximum absolute atomic E-state index is 11.3. The first-order valence-electron chi connectivity index (χ1n) is 51.5. The molecule has 135 heavy (non-hydrogen) atoms. The van der Waals surface area contributed by atoms with Crippen LogP contribution in [0.15, 0.2) is 0 Å². The molecule has 0 N–H and O–H groups in total. The minimum atomic E-state index is 0.0267. The van der Waals surface area contributed by atoms with Gasteiger partial charge in [-0.1, -0.05) is 255 Å². The second-order valence-corrected chi connectivity index (χ2v) is 39.7. The normalized spacial score (nSPS) is 10.8. The molecule has 0 saturated heterocycles. The lowest BCUT2D eigenvalue weighted by Gasteiger charge is -2.20. The highest BCUT2D eigenvalue weighted by Gasteiger charge is 2.14. The summed E-state index contributed by atoms with van der Waals surface area (Å²) in [5.41, 5.74) is 0. The molecule has 0 heterocycles. The van der Waals surface area contributed by atoms with Crippen molar-refractivity contribution in [3.63, 3.8) is 0 Å². The molecule has 0 aliphatic heterocycles. The summed E-state index contributed by atoms with van der Waals surface area (Å²) in [5.74, 6) is 40.0. The van der Waals surface area contributed by atoms with Gasteiger partial charge in [-0.25, -0.2) is 0 Å². The Morgan fingerprint density at radius 3 is 0.770 bits per heavy atom. The van der Waals surface area contributed by atoms with Crippen molar-refractivity contribution in [3.8, 4) is 71.0 Å². The second-order valence-electron chi connectivity index (χ2n) is 39.7. The fraction of sp³-hybridized carbons (Fsp3) is 0.825. The van der Waals surface area contributed by atoms with E-state index < -0.39 is 0 Å². The van der Waals surface area contributed by atoms with Crippen LogP contribution in [-0.4, -0.2) is 241 Å². The van der Waals surface area contributed by atoms with Crippen LogP contribution in [0.4, 0.5) is 0 Å². The minimum absolute atomic E-state index is 0.0267. The molecular weight excluding hydrogens is 1700 g/mol. The van der Waals surface area contributed by atoms with Gasteiger partial charge in [0.1, 0.15) is 71.0 Å². The van der Waals surface area contributed by atoms with Gasteiger partial charge in [-0.3, -0.25) is 38.4 Å². The maximum atomic E-state index is 11.3. The summed E-state index contributed by atoms with van der Waals surface area (Å²) in [6.07, 6.45) is 20.8. The zero-order valence-electron chi connectivity index (χ0n) is 93.0. The summed E-state index contributed by atoms with van der Waals surface area (Å²) in [7, 11) is 4.23. The molecular formula is C114H206N2O19. The van der Waals surface area contributed by atoms with Crippen LogP contribution in [0.3, 0.4) is 0 Å². The van der Waals surface area contributed by atoms with Crippen LogP contribution in [0.5, 0.6) is 0 Å². The molecule has 0 aliphatic carbocycles. The van der Waals surface area contributed by atoms with Gasteiger partial charge in [0, 0.05) is 144 Å². The van der Waals surface area contributed by atoms with Gasteiger partial charge >= 0.3 is 0 Å². The van der Waals surface area contributed by atoms with Crippen LogP contribution in [-0.2, 0) is 90.5 Å². The van der Waals surface area contributed by atoms with Crippen LogP contribution in [0.25, 0.3) is 0 Å². The van der Waals surface area contributed by atoms with Crippen LogP contribution >= 0.6 is 0 Å². The summed E-state index contributed by atoms with van der Waals surface area (Å²) in [6, 6.07) is 1.16. The average Bonchev–Trinajstić information content (AvgIpc) is 1.11. The van der Waals surface area contributed by atoms with E-state index in [0.29, 0.717) is 128 Å². The van der Waals surface area contributed by atoms with E-state index in [9.17, 15) is 38.4 Å². The molecule has 0 spiro atoms. The lowest BCUT2D eigenvalue weighted by atomic mass is 10.0. The van der Waals surface area contributed by atoms with Gasteiger partial charge in [-0.05, 0) is 190 Å². The van der Waals surface area contributed by atoms with Gasteiger partial charge in [0.25, 0.3) is 0 Å². The number of Topliss-reactive ketones (excluding diaryl/α,β-unsaturated/α-hetero) is 8. The zero-order chi connectivity index (χ0) is 104. The van der Waals surface area contributed by atoms with E-state index >= 15 is 0 Å². The molecule has 0 rings (SSSR count). The van der Waals surface area contributed by atoms with Crippen LogP contribution < -0.4 is 0 Å². The summed E-state index contributed by atoms with van der Waals surface area (Å²) >= 11 is 0. The molecule has 786 valence electrons. The monoisotopic (exact) mass is 1910 g/mol. The third kappa shape index (κ3) is 130. The molecule has 0 unspecified atom stereocenters. The Kier molecular flexibility index (Phi) is 115. The lowest BCUT2D eigenvalue weighted by molar-refractivity contribution is -0.127. The van der Waals surface area contributed by atoms with Crippen molar-refractivity contribution in [3.05, 3.63) is 0 Å². The molecule has 0 aromatic rings. The fourth-order valence-corrected chi connectivity index (χ4v) is 9.27. The summed E-state index contributed by atoms with van der Waals surface area (Å²) in [6.45, 7) is 78.1. The Labute approximate surface area is 830 Å². The molecule has 0 aromatic carbocycles. The van der Waals surface area contributed by atoms with E-state index in [4.69, 9.17) is 52.1 Å². The first kappa shape index (κ1) is 145. The fourth-order valence-electron chi connectivity index (χ4n) is 9.27. The van der Waals surface area contributed by atoms with Crippen molar-refractivity contribution in [2.45, 2.75) is 362 Å². The number of carbonyl (C=O) groups is 8. The Balaban J connectivity index is -0.000000228. The third-order valence-corrected chi connectivity index (χ3v) is 19.8. The Morgan fingerprint density at radius 1 is 0.200 bits per heavy atom. The van der Waals surface area contributed by atoms with Crippen LogP contribution in [0.2, 0.25) is 0 Å². The number of carbonyl (C=O) groups excluding carboxylic acids is 8. The molecule has 0 radical (unpaired) electrons. The summed E-state index contributed by atoms with van der Waals surface area (Å²) in [5, 5.41) is 0. The summed E-state index contributed by atoms with van der Waals surface area (Å²) in [4.78, 5) is 94.4. The SMILES string of the molecule is CC(C)C(=O)COCCCCCN(C)C(C)C.CC(C)C(=O)COCCOCCN(C)C(C)C.CC(C)CC#CC#CCOCC(=O)C(C)C.CC(C)CC#CC#CCOCCC(=O)C(C)C.CC(C)CC#CC#CCOCCCC(=O)C(C)C.CC(C)CCCCCCOCC(=O)C(C)C.CC(C)CCCOCCCCOCC(=O)C(C)C.CC(C)CCCOCCOCC(=O)C(C)C. The number of nitrogens with zero attached hydrogens (tertiary/aromatic N) is 2. The first-order valence-corrected chi connectivity index (χ1v) is 51.5. The molecule has 0 aromatic heterocycles. The molecule has 21 heteroatoms. The van der Waals surface area contributed by atoms with Gasteiger partial charge in [-0.15, -0.1) is 0 Å². The largest absolute Gasteiger partial charge is 0.381 e. The molecule has 21 nitrogen and oxygen atoms in total. The number of ketones is 8. The van der Waals surface area contributed by atoms with E-state index in [1.165, 1.54) is 51.4 Å². The van der Waals surface area contributed by atoms with Crippen molar-refractivity contribution in [1.29, 1.82) is 0 Å². The smallest absolute Gasteiger partial charge is 0.161 e. The molecule has 0 saturated carbocycles. The van der Waals surface area contributed by atoms with E-state index in [0.717, 1.165) is 121 Å². The quantitative estimate of drug-likeness (QED) is 0.0406. The Morgan fingerprint density at radius 2 is 0.437 bits per heavy atom. The van der Waals surface area contributed by atoms with Crippen molar-refractivity contribution in [2.24, 2.45) is 82.9 Å². The lowest BCUT2D eigenvalue weighted by Crippen LogP contribution is -2.30. The zero-order valence-corrected chi connectivity index (χ0v) is 93.0. The van der Waals surface area contributed by atoms with Gasteiger partial charge in [0.15, 0.2) is 34.7 Å². The van der Waals surface area contributed by atoms with Gasteiger partial charge in [0.05, 0.1) is 39.6 Å². The molecule has 0 fully saturated rings. The van der Waals surface area contributed by atoms with Crippen molar-refractivity contribution < 1.29 is 90.5 Å². The number of likely N-dealkylation sites (N-methyl/N-ethyl adjacent to an activating group) is 1. The van der Waals surface area contributed by atoms with Crippen LogP contribution in [0.1, 0.15) is 350 Å². The minimum Gasteiger partial charge on any atom is -0.381 e. The van der Waals surface area contributed by atoms with Gasteiger partial charge < -0.3 is 61.9 Å². The van der Waals surface area contributed by atoms with E-state index in [1.54, 1.807) is 0 Å². The average molecular weight is 1910 g/mol. The maximum Gasteiger partial charge on any atom is 0.161 e. The molecule has 0 bridgehead atoms. The predicted octanol–water partition coefficient (Wildman–Crippen LogP) is 22.3. The van der Waals surface area contributed by atoms with E-state index in [-0.39, 0.29) is 127 Å². The highest BCUT2D eigenvalue weighted by atomic mass is 16.5. The topological polar surface area (TPSA) is 245 Å². The standard InChI is InChI=1S/C16H24O2.C15H30O3.C15H22O2.C14H29NO2.C14H28O2.C14H20O2.C13H27NO3.C13H26O3/c1-14(2)10-7-5-6-8-12-18-13-9-11-16(17)15(3)4;1-13(2)8-7-11-17-9-5-6-10-18-12-15(16)14(3)4;1-13(2)9-7-5-6-8-11-17-12-10-15(16)14(3)4;1-12(2)14(16)11-17-10-8-6-7-9-15(5)13(3)4;2*1-12(2)9-7-5-6-8-10-16-11-14(15)13(3)4;1-11(2)13(15)10-17-9-8-16-7-6-14(5)12(3)4;1-11(2)6-5-7-15-8-9-16-10-13(14)12(3)4/h14-15H,9-13H2,1-4H3;13-14H,5-12H2,1-4H3;13-14H,9-12H2,1-4H3;12-13H,6-11H2,1-5H3;12-13H,5-11H2,1-4H3;12-13H,9-11H2,1-4H3;11-12H,6-10H2,1-5H3;11-12H,5-10H2,1-4H3. The predicted molar refractivity (Wildman–Crippen MR) is 561 cm³/mol. The second kappa shape index (κ2) is 107. The number of ether oxygens (including phenoxy) is 11. The van der Waals surface area contributed by atoms with Gasteiger partial charge in [-0.2, -0.15) is 0 Å². The molecule has 0 atom stereocenters. The van der Waals surface area contributed by atoms with E-state index in [1.807, 2.05) is 111 Å². The highest BCUT2D eigenvalue weighted by molar-refractivity contribution is 5.84. The number of unbranched alkanes of at least 4 members (excludes halogenated alkanes) is 6. The first-order chi connectivity index (χ1) is 63.6. The van der Waals surface area contributed by atoms with E-state index in [2.05, 4.69) is 206 Å². The van der Waals surface area contributed by atoms with Crippen molar-refractivity contribution in [1.82, 2.24) is 9.80 Å². The van der Waals surface area contributed by atoms with Gasteiger partial charge in [0.2, 0.25) is 0 Å². The Bertz CT molecular complexity index is 3120. The number of rotatable bonds is 70. The highest BCUT2D eigenvalue weighted by Crippen LogP contribution is 2.12. The Hall–Kier alpha value is -5.80. The van der Waals surface area contributed by atoms with Crippen molar-refractivity contribution >= 4 is 46.3 Å². The molecule has 0 aliphatic rings. The summed E-state index contributed by atoms with van der Waals surface area (Å²) < 4.78 is 58.4. The number of hydrogen-bond donors (Lipinski definition) is 0. The van der Waals surface area contributed by atoms with Crippen LogP contribution in [0, 0.1) is 154 Å². The van der Waals surface area contributed by atoms with Crippen molar-refractivity contribution in [2.75, 3.05) is 173 Å². The third-order valence-electron chi connectivity index (χ3n) is 19.8.